The van der Waals surface area contributed by atoms with E-state index in [0.29, 0.717) is 5.92 Å². The van der Waals surface area contributed by atoms with Crippen LogP contribution < -0.4 is 0 Å². The molecule has 1 fully saturated rings. The van der Waals surface area contributed by atoms with Gasteiger partial charge in [-0.15, -0.1) is 0 Å². The van der Waals surface area contributed by atoms with Gasteiger partial charge in [-0.3, -0.25) is 4.39 Å². The van der Waals surface area contributed by atoms with E-state index >= 15 is 0 Å². The third-order valence-electron chi connectivity index (χ3n) is 1.82. The van der Waals surface area contributed by atoms with Crippen molar-refractivity contribution in [3.05, 3.63) is 12.8 Å². The molecule has 0 aromatic heterocycles. The second-order valence-electron chi connectivity index (χ2n) is 2.58. The lowest BCUT2D eigenvalue weighted by atomic mass is 9.87. The Bertz CT molecular complexity index is 62.2. The molecule has 1 heteroatoms. The van der Waals surface area contributed by atoms with Crippen molar-refractivity contribution in [2.24, 2.45) is 5.92 Å². The van der Waals surface area contributed by atoms with Crippen molar-refractivity contribution in [1.29, 1.82) is 0 Å². The van der Waals surface area contributed by atoms with E-state index in [4.69, 9.17) is 0 Å². The van der Waals surface area contributed by atoms with Crippen molar-refractivity contribution < 1.29 is 4.39 Å². The molecule has 9 heavy (non-hydrogen) atoms. The van der Waals surface area contributed by atoms with Gasteiger partial charge >= 0.3 is 0 Å². The molecule has 2 radical (unpaired) electrons. The zero-order chi connectivity index (χ0) is 6.53. The van der Waals surface area contributed by atoms with Crippen LogP contribution in [0.15, 0.2) is 0 Å². The highest BCUT2D eigenvalue weighted by Crippen LogP contribution is 2.24. The van der Waals surface area contributed by atoms with E-state index in [1.54, 1.807) is 0 Å². The molecule has 52 valence electrons. The van der Waals surface area contributed by atoms with Crippen LogP contribution in [0.5, 0.6) is 0 Å². The lowest BCUT2D eigenvalue weighted by molar-refractivity contribution is 0.389. The van der Waals surface area contributed by atoms with Gasteiger partial charge < -0.3 is 0 Å². The molecule has 1 aliphatic rings. The van der Waals surface area contributed by atoms with Gasteiger partial charge in [-0.2, -0.15) is 0 Å². The molecular formula is C8H13F. The summed E-state index contributed by atoms with van der Waals surface area (Å²) in [6.45, 7) is -0.158. The van der Waals surface area contributed by atoms with E-state index < -0.39 is 0 Å². The number of hydrogen-bond donors (Lipinski definition) is 0. The standard InChI is InChI=1S/C8H13F/c9-7-6-8-4-2-1-3-5-8/h2,5,8H,1,3-4,6-7H2. The Morgan fingerprint density at radius 1 is 1.44 bits per heavy atom. The lowest BCUT2D eigenvalue weighted by Crippen LogP contribution is -2.07. The Balaban J connectivity index is 2.08. The smallest absolute Gasteiger partial charge is 0.0897 e. The Kier molecular flexibility index (Phi) is 3.02. The van der Waals surface area contributed by atoms with Crippen LogP contribution >= 0.6 is 0 Å². The van der Waals surface area contributed by atoms with Gasteiger partial charge in [0.25, 0.3) is 0 Å². The van der Waals surface area contributed by atoms with Gasteiger partial charge in [0.05, 0.1) is 6.67 Å². The molecule has 0 saturated heterocycles. The molecule has 1 unspecified atom stereocenters. The molecule has 0 spiro atoms. The van der Waals surface area contributed by atoms with Gasteiger partial charge in [-0.1, -0.05) is 0 Å². The van der Waals surface area contributed by atoms with Gasteiger partial charge in [0.2, 0.25) is 0 Å². The van der Waals surface area contributed by atoms with E-state index in [1.807, 2.05) is 0 Å². The molecule has 0 nitrogen and oxygen atoms in total. The predicted molar refractivity (Wildman–Crippen MR) is 36.5 cm³/mol. The highest BCUT2D eigenvalue weighted by atomic mass is 19.1. The van der Waals surface area contributed by atoms with Crippen LogP contribution in [0.1, 0.15) is 25.7 Å². The van der Waals surface area contributed by atoms with Crippen molar-refractivity contribution in [3.8, 4) is 0 Å². The summed E-state index contributed by atoms with van der Waals surface area (Å²) in [4.78, 5) is 0. The number of rotatable bonds is 2. The molecule has 1 saturated carbocycles. The average molecular weight is 128 g/mol. The van der Waals surface area contributed by atoms with E-state index in [9.17, 15) is 4.39 Å². The Labute approximate surface area is 56.5 Å². The van der Waals surface area contributed by atoms with Crippen LogP contribution in [-0.2, 0) is 0 Å². The summed E-state index contributed by atoms with van der Waals surface area (Å²) in [6.07, 6.45) is 8.70. The molecular weight excluding hydrogens is 115 g/mol. The van der Waals surface area contributed by atoms with Crippen LogP contribution in [0.4, 0.5) is 4.39 Å². The van der Waals surface area contributed by atoms with Crippen LogP contribution in [0.25, 0.3) is 0 Å². The summed E-state index contributed by atoms with van der Waals surface area (Å²) in [5.41, 5.74) is 0. The number of halogens is 1. The number of hydrogen-bond acceptors (Lipinski definition) is 0. The van der Waals surface area contributed by atoms with Crippen molar-refractivity contribution in [3.63, 3.8) is 0 Å². The molecule has 0 aliphatic heterocycles. The second-order valence-corrected chi connectivity index (χ2v) is 2.58. The molecule has 0 aromatic carbocycles. The summed E-state index contributed by atoms with van der Waals surface area (Å²) in [5, 5.41) is 0. The molecule has 0 heterocycles. The summed E-state index contributed by atoms with van der Waals surface area (Å²) in [6, 6.07) is 0. The van der Waals surface area contributed by atoms with Gasteiger partial charge in [0.15, 0.2) is 0 Å². The first kappa shape index (κ1) is 7.04. The highest BCUT2D eigenvalue weighted by Gasteiger charge is 2.12. The van der Waals surface area contributed by atoms with E-state index in [0.717, 1.165) is 19.3 Å². The maximum Gasteiger partial charge on any atom is 0.0897 e. The third kappa shape index (κ3) is 2.33. The Morgan fingerprint density at radius 2 is 2.33 bits per heavy atom. The largest absolute Gasteiger partial charge is 0.251 e. The molecule has 1 aliphatic carbocycles. The summed E-state index contributed by atoms with van der Waals surface area (Å²) < 4.78 is 11.7. The zero-order valence-corrected chi connectivity index (χ0v) is 5.65. The SMILES string of the molecule is FCCC1[CH]CC[CH]C1. The van der Waals surface area contributed by atoms with Crippen LogP contribution in [0.2, 0.25) is 0 Å². The van der Waals surface area contributed by atoms with E-state index in [-0.39, 0.29) is 6.67 Å². The number of alkyl halides is 1. The van der Waals surface area contributed by atoms with Crippen molar-refractivity contribution in [2.45, 2.75) is 25.7 Å². The van der Waals surface area contributed by atoms with Crippen LogP contribution in [0, 0.1) is 18.8 Å². The summed E-state index contributed by atoms with van der Waals surface area (Å²) in [5.74, 6) is 0.545. The molecule has 0 aromatic rings. The fraction of sp³-hybridized carbons (Fsp3) is 0.750. The lowest BCUT2D eigenvalue weighted by Gasteiger charge is -2.18. The second kappa shape index (κ2) is 3.86. The monoisotopic (exact) mass is 128 g/mol. The maximum absolute atomic E-state index is 11.7. The summed E-state index contributed by atoms with van der Waals surface area (Å²) >= 11 is 0. The average Bonchev–Trinajstić information content (AvgIpc) is 1.91. The fourth-order valence-electron chi connectivity index (χ4n) is 1.25. The van der Waals surface area contributed by atoms with Gasteiger partial charge in [0, 0.05) is 0 Å². The highest BCUT2D eigenvalue weighted by molar-refractivity contribution is 4.88. The Morgan fingerprint density at radius 3 is 2.89 bits per heavy atom. The normalized spacial score (nSPS) is 22.3. The van der Waals surface area contributed by atoms with Gasteiger partial charge in [0.1, 0.15) is 0 Å². The van der Waals surface area contributed by atoms with Crippen molar-refractivity contribution in [1.82, 2.24) is 0 Å². The zero-order valence-electron chi connectivity index (χ0n) is 5.65. The van der Waals surface area contributed by atoms with Gasteiger partial charge in [-0.05, 0) is 44.4 Å². The molecule has 0 N–H and O–H groups in total. The first-order chi connectivity index (χ1) is 4.43. The van der Waals surface area contributed by atoms with Crippen molar-refractivity contribution >= 4 is 0 Å². The molecule has 0 amide bonds. The topological polar surface area (TPSA) is 0 Å². The van der Waals surface area contributed by atoms with Crippen molar-refractivity contribution in [2.75, 3.05) is 6.67 Å². The maximum atomic E-state index is 11.7. The molecule has 1 atom stereocenters. The van der Waals surface area contributed by atoms with E-state index in [1.165, 1.54) is 6.42 Å². The quantitative estimate of drug-likeness (QED) is 0.536. The first-order valence-corrected chi connectivity index (χ1v) is 3.64. The molecule has 1 rings (SSSR count). The fourth-order valence-corrected chi connectivity index (χ4v) is 1.25. The minimum absolute atomic E-state index is 0.158. The van der Waals surface area contributed by atoms with E-state index in [2.05, 4.69) is 12.8 Å². The Hall–Kier alpha value is -0.0700. The predicted octanol–water partition coefficient (Wildman–Crippen LogP) is 2.55. The summed E-state index contributed by atoms with van der Waals surface area (Å²) in [7, 11) is 0. The minimum Gasteiger partial charge on any atom is -0.251 e. The molecule has 0 bridgehead atoms. The van der Waals surface area contributed by atoms with Crippen LogP contribution in [-0.4, -0.2) is 6.67 Å². The van der Waals surface area contributed by atoms with Gasteiger partial charge in [-0.25, -0.2) is 0 Å². The van der Waals surface area contributed by atoms with Crippen LogP contribution in [0.3, 0.4) is 0 Å². The minimum atomic E-state index is -0.158. The first-order valence-electron chi connectivity index (χ1n) is 3.64. The third-order valence-corrected chi connectivity index (χ3v) is 1.82.